The fourth-order valence-electron chi connectivity index (χ4n) is 1.95. The maximum absolute atomic E-state index is 11.9. The average Bonchev–Trinajstić information content (AvgIpc) is 2.76. The Morgan fingerprint density at radius 3 is 2.50 bits per heavy atom. The van der Waals surface area contributed by atoms with Crippen molar-refractivity contribution in [1.82, 2.24) is 4.57 Å². The number of nitrogens with one attached hydrogen (secondary N) is 1. The molecule has 20 heavy (non-hydrogen) atoms. The van der Waals surface area contributed by atoms with Gasteiger partial charge in [-0.25, -0.2) is 0 Å². The summed E-state index contributed by atoms with van der Waals surface area (Å²) in [7, 11) is 1.94. The highest BCUT2D eigenvalue weighted by Crippen LogP contribution is 2.17. The van der Waals surface area contributed by atoms with Crippen molar-refractivity contribution in [3.05, 3.63) is 48.3 Å². The van der Waals surface area contributed by atoms with Crippen LogP contribution in [-0.4, -0.2) is 16.6 Å². The first-order valence-corrected chi connectivity index (χ1v) is 6.70. The van der Waals surface area contributed by atoms with E-state index in [0.29, 0.717) is 6.42 Å². The van der Waals surface area contributed by atoms with Crippen molar-refractivity contribution in [2.45, 2.75) is 26.4 Å². The van der Waals surface area contributed by atoms with Gasteiger partial charge in [0.05, 0.1) is 12.5 Å². The van der Waals surface area contributed by atoms with Gasteiger partial charge in [0.2, 0.25) is 5.91 Å². The van der Waals surface area contributed by atoms with Gasteiger partial charge >= 0.3 is 0 Å². The molecule has 1 amide bonds. The fourth-order valence-corrected chi connectivity index (χ4v) is 1.95. The highest BCUT2D eigenvalue weighted by Gasteiger charge is 2.05. The highest BCUT2D eigenvalue weighted by molar-refractivity contribution is 5.92. The molecule has 0 saturated heterocycles. The standard InChI is InChI=1S/C16H20N2O2/c1-12(2)20-15-6-4-14(5-7-15)17-16(19)10-13-8-9-18(3)11-13/h4-9,11-12H,10H2,1-3H3,(H,17,19). The summed E-state index contributed by atoms with van der Waals surface area (Å²) in [4.78, 5) is 11.9. The summed E-state index contributed by atoms with van der Waals surface area (Å²) < 4.78 is 7.49. The molecule has 2 aromatic rings. The SMILES string of the molecule is CC(C)Oc1ccc(NC(=O)Cc2ccn(C)c2)cc1. The lowest BCUT2D eigenvalue weighted by atomic mass is 10.2. The normalized spacial score (nSPS) is 10.6. The van der Waals surface area contributed by atoms with E-state index in [2.05, 4.69) is 5.32 Å². The van der Waals surface area contributed by atoms with Gasteiger partial charge in [0.15, 0.2) is 0 Å². The van der Waals surface area contributed by atoms with Gasteiger partial charge in [0.25, 0.3) is 0 Å². The Labute approximate surface area is 119 Å². The largest absolute Gasteiger partial charge is 0.491 e. The van der Waals surface area contributed by atoms with E-state index in [-0.39, 0.29) is 12.0 Å². The zero-order valence-corrected chi connectivity index (χ0v) is 12.1. The van der Waals surface area contributed by atoms with Crippen LogP contribution in [0.25, 0.3) is 0 Å². The smallest absolute Gasteiger partial charge is 0.228 e. The molecular weight excluding hydrogens is 252 g/mol. The minimum absolute atomic E-state index is 0.0197. The number of amides is 1. The number of anilines is 1. The van der Waals surface area contributed by atoms with E-state index in [1.54, 1.807) is 0 Å². The predicted octanol–water partition coefficient (Wildman–Crippen LogP) is 2.99. The zero-order valence-electron chi connectivity index (χ0n) is 12.1. The quantitative estimate of drug-likeness (QED) is 0.909. The summed E-state index contributed by atoms with van der Waals surface area (Å²) in [5.74, 6) is 0.787. The number of benzene rings is 1. The number of ether oxygens (including phenoxy) is 1. The van der Waals surface area contributed by atoms with Crippen LogP contribution in [0.2, 0.25) is 0 Å². The Morgan fingerprint density at radius 1 is 1.25 bits per heavy atom. The minimum Gasteiger partial charge on any atom is -0.491 e. The Morgan fingerprint density at radius 2 is 1.95 bits per heavy atom. The molecule has 2 rings (SSSR count). The van der Waals surface area contributed by atoms with Gasteiger partial charge in [0.1, 0.15) is 5.75 Å². The van der Waals surface area contributed by atoms with Crippen LogP contribution in [0.5, 0.6) is 5.75 Å². The molecule has 106 valence electrons. The summed E-state index contributed by atoms with van der Waals surface area (Å²) in [5, 5.41) is 2.88. The Hall–Kier alpha value is -2.23. The lowest BCUT2D eigenvalue weighted by Crippen LogP contribution is -2.14. The van der Waals surface area contributed by atoms with Gasteiger partial charge < -0.3 is 14.6 Å². The van der Waals surface area contributed by atoms with E-state index in [1.807, 2.05) is 68.2 Å². The average molecular weight is 272 g/mol. The van der Waals surface area contributed by atoms with Crippen LogP contribution in [0, 0.1) is 0 Å². The van der Waals surface area contributed by atoms with Gasteiger partial charge in [0, 0.05) is 25.1 Å². The van der Waals surface area contributed by atoms with Gasteiger partial charge in [-0.2, -0.15) is 0 Å². The Bertz CT molecular complexity index is 570. The molecule has 1 aromatic carbocycles. The number of hydrogen-bond donors (Lipinski definition) is 1. The molecule has 1 N–H and O–H groups in total. The van der Waals surface area contributed by atoms with E-state index in [4.69, 9.17) is 4.74 Å². The summed E-state index contributed by atoms with van der Waals surface area (Å²) in [6.07, 6.45) is 4.40. The van der Waals surface area contributed by atoms with Crippen LogP contribution in [-0.2, 0) is 18.3 Å². The second-order valence-corrected chi connectivity index (χ2v) is 5.10. The molecule has 4 nitrogen and oxygen atoms in total. The molecule has 1 aromatic heterocycles. The molecule has 0 saturated carbocycles. The predicted molar refractivity (Wildman–Crippen MR) is 80.0 cm³/mol. The van der Waals surface area contributed by atoms with Crippen molar-refractivity contribution in [3.63, 3.8) is 0 Å². The molecular formula is C16H20N2O2. The van der Waals surface area contributed by atoms with E-state index in [1.165, 1.54) is 0 Å². The lowest BCUT2D eigenvalue weighted by Gasteiger charge is -2.10. The van der Waals surface area contributed by atoms with E-state index >= 15 is 0 Å². The number of rotatable bonds is 5. The number of aromatic nitrogens is 1. The molecule has 1 heterocycles. The number of aryl methyl sites for hydroxylation is 1. The third kappa shape index (κ3) is 4.16. The third-order valence-corrected chi connectivity index (χ3v) is 2.77. The molecule has 0 fully saturated rings. The van der Waals surface area contributed by atoms with Crippen molar-refractivity contribution in [2.24, 2.45) is 7.05 Å². The second kappa shape index (κ2) is 6.28. The molecule has 4 heteroatoms. The van der Waals surface area contributed by atoms with Crippen LogP contribution in [0.3, 0.4) is 0 Å². The summed E-state index contributed by atoms with van der Waals surface area (Å²) in [5.41, 5.74) is 1.78. The van der Waals surface area contributed by atoms with Gasteiger partial charge in [-0.3, -0.25) is 4.79 Å². The van der Waals surface area contributed by atoms with Crippen molar-refractivity contribution in [2.75, 3.05) is 5.32 Å². The van der Waals surface area contributed by atoms with Crippen molar-refractivity contribution < 1.29 is 9.53 Å². The molecule has 0 atom stereocenters. The van der Waals surface area contributed by atoms with Crippen LogP contribution >= 0.6 is 0 Å². The first-order valence-electron chi connectivity index (χ1n) is 6.70. The van der Waals surface area contributed by atoms with Gasteiger partial charge in [-0.05, 0) is 49.7 Å². The van der Waals surface area contributed by atoms with Crippen molar-refractivity contribution in [3.8, 4) is 5.75 Å². The van der Waals surface area contributed by atoms with Crippen LogP contribution < -0.4 is 10.1 Å². The van der Waals surface area contributed by atoms with E-state index < -0.39 is 0 Å². The summed E-state index contributed by atoms with van der Waals surface area (Å²) in [6.45, 7) is 3.96. The van der Waals surface area contributed by atoms with Gasteiger partial charge in [-0.1, -0.05) is 0 Å². The maximum Gasteiger partial charge on any atom is 0.228 e. The van der Waals surface area contributed by atoms with Crippen LogP contribution in [0.1, 0.15) is 19.4 Å². The minimum atomic E-state index is -0.0197. The third-order valence-electron chi connectivity index (χ3n) is 2.77. The number of carbonyl (C=O) groups is 1. The first kappa shape index (κ1) is 14.2. The number of hydrogen-bond acceptors (Lipinski definition) is 2. The monoisotopic (exact) mass is 272 g/mol. The fraction of sp³-hybridized carbons (Fsp3) is 0.312. The molecule has 0 radical (unpaired) electrons. The summed E-state index contributed by atoms with van der Waals surface area (Å²) in [6, 6.07) is 9.36. The number of carbonyl (C=O) groups excluding carboxylic acids is 1. The molecule has 0 aliphatic rings. The van der Waals surface area contributed by atoms with E-state index in [0.717, 1.165) is 17.0 Å². The van der Waals surface area contributed by atoms with Crippen molar-refractivity contribution in [1.29, 1.82) is 0 Å². The Kier molecular flexibility index (Phi) is 4.45. The van der Waals surface area contributed by atoms with Gasteiger partial charge in [-0.15, -0.1) is 0 Å². The lowest BCUT2D eigenvalue weighted by molar-refractivity contribution is -0.115. The second-order valence-electron chi connectivity index (χ2n) is 5.10. The molecule has 0 aliphatic carbocycles. The maximum atomic E-state index is 11.9. The van der Waals surface area contributed by atoms with E-state index in [9.17, 15) is 4.79 Å². The molecule has 0 bridgehead atoms. The highest BCUT2D eigenvalue weighted by atomic mass is 16.5. The molecule has 0 unspecified atom stereocenters. The molecule has 0 aliphatic heterocycles. The van der Waals surface area contributed by atoms with Crippen LogP contribution in [0.15, 0.2) is 42.7 Å². The Balaban J connectivity index is 1.91. The molecule has 0 spiro atoms. The number of nitrogens with zero attached hydrogens (tertiary/aromatic N) is 1. The summed E-state index contributed by atoms with van der Waals surface area (Å²) >= 11 is 0. The first-order chi connectivity index (χ1) is 9.52. The van der Waals surface area contributed by atoms with Crippen molar-refractivity contribution >= 4 is 11.6 Å². The van der Waals surface area contributed by atoms with Crippen LogP contribution in [0.4, 0.5) is 5.69 Å². The zero-order chi connectivity index (χ0) is 14.5. The topological polar surface area (TPSA) is 43.3 Å².